The Balaban J connectivity index is 2.59. The van der Waals surface area contributed by atoms with E-state index in [2.05, 4.69) is 4.74 Å². The molecular formula is C16H15ClN2O7S. The number of nitrogens with zero attached hydrogens (tertiary/aromatic N) is 2. The lowest BCUT2D eigenvalue weighted by atomic mass is 10.3. The number of nitro benzene ring substituents is 1. The van der Waals surface area contributed by atoms with Crippen molar-refractivity contribution >= 4 is 39.0 Å². The minimum absolute atomic E-state index is 0.0515. The number of hydrogen-bond acceptors (Lipinski definition) is 7. The number of rotatable bonds is 7. The Morgan fingerprint density at radius 2 is 1.93 bits per heavy atom. The smallest absolute Gasteiger partial charge is 0.326 e. The Hall–Kier alpha value is -2.85. The number of carbonyl (C=O) groups excluding carboxylic acids is 1. The molecule has 11 heteroatoms. The van der Waals surface area contributed by atoms with Crippen LogP contribution in [0.4, 0.5) is 11.4 Å². The first-order valence-corrected chi connectivity index (χ1v) is 9.20. The van der Waals surface area contributed by atoms with Crippen LogP contribution in [0.15, 0.2) is 47.4 Å². The molecule has 0 amide bonds. The number of nitro groups is 1. The first kappa shape index (κ1) is 20.5. The zero-order valence-electron chi connectivity index (χ0n) is 14.3. The van der Waals surface area contributed by atoms with E-state index in [4.69, 9.17) is 16.3 Å². The summed E-state index contributed by atoms with van der Waals surface area (Å²) in [6.45, 7) is -0.677. The number of methoxy groups -OCH3 is 2. The predicted molar refractivity (Wildman–Crippen MR) is 97.6 cm³/mol. The van der Waals surface area contributed by atoms with Crippen molar-refractivity contribution in [3.05, 3.63) is 57.6 Å². The van der Waals surface area contributed by atoms with Crippen molar-refractivity contribution in [3.8, 4) is 5.75 Å². The minimum Gasteiger partial charge on any atom is -0.495 e. The normalized spacial score (nSPS) is 10.9. The summed E-state index contributed by atoms with van der Waals surface area (Å²) < 4.78 is 36.4. The molecule has 0 saturated carbocycles. The standard InChI is InChI=1S/C16H15ClN2O7S/c1-25-15-7-6-13(9-14(15)17)27(23,24)18(10-16(20)26-2)11-4-3-5-12(8-11)19(21)22/h3-9H,10H2,1-2H3. The van der Waals surface area contributed by atoms with Crippen LogP contribution in [0.2, 0.25) is 5.02 Å². The molecular weight excluding hydrogens is 400 g/mol. The average molecular weight is 415 g/mol. The number of halogens is 1. The molecule has 2 aromatic rings. The quantitative estimate of drug-likeness (QED) is 0.388. The van der Waals surface area contributed by atoms with Crippen LogP contribution < -0.4 is 9.04 Å². The lowest BCUT2D eigenvalue weighted by molar-refractivity contribution is -0.384. The Kier molecular flexibility index (Phi) is 6.24. The highest BCUT2D eigenvalue weighted by Gasteiger charge is 2.29. The molecule has 0 heterocycles. The third-order valence-electron chi connectivity index (χ3n) is 3.54. The highest BCUT2D eigenvalue weighted by atomic mass is 35.5. The van der Waals surface area contributed by atoms with Crippen LogP contribution in [-0.2, 0) is 19.6 Å². The van der Waals surface area contributed by atoms with E-state index in [9.17, 15) is 23.3 Å². The molecule has 144 valence electrons. The van der Waals surface area contributed by atoms with Gasteiger partial charge in [-0.15, -0.1) is 0 Å². The fraction of sp³-hybridized carbons (Fsp3) is 0.188. The molecule has 27 heavy (non-hydrogen) atoms. The number of carbonyl (C=O) groups is 1. The van der Waals surface area contributed by atoms with Gasteiger partial charge in [0, 0.05) is 12.1 Å². The number of sulfonamides is 1. The van der Waals surface area contributed by atoms with Gasteiger partial charge in [0.2, 0.25) is 0 Å². The lowest BCUT2D eigenvalue weighted by Crippen LogP contribution is -2.36. The molecule has 0 aliphatic heterocycles. The molecule has 0 saturated heterocycles. The molecule has 0 N–H and O–H groups in total. The van der Waals surface area contributed by atoms with Crippen LogP contribution >= 0.6 is 11.6 Å². The summed E-state index contributed by atoms with van der Waals surface area (Å²) in [6, 6.07) is 8.67. The van der Waals surface area contributed by atoms with Gasteiger partial charge >= 0.3 is 5.97 Å². The van der Waals surface area contributed by atoms with Gasteiger partial charge < -0.3 is 9.47 Å². The molecule has 0 aromatic heterocycles. The number of esters is 1. The van der Waals surface area contributed by atoms with Gasteiger partial charge in [-0.05, 0) is 24.3 Å². The summed E-state index contributed by atoms with van der Waals surface area (Å²) in [7, 11) is -1.80. The monoisotopic (exact) mass is 414 g/mol. The maximum absolute atomic E-state index is 13.1. The van der Waals surface area contributed by atoms with E-state index in [-0.39, 0.29) is 27.0 Å². The highest BCUT2D eigenvalue weighted by Crippen LogP contribution is 2.31. The van der Waals surface area contributed by atoms with Gasteiger partial charge in [-0.25, -0.2) is 8.42 Å². The van der Waals surface area contributed by atoms with Crippen molar-refractivity contribution in [1.29, 1.82) is 0 Å². The molecule has 0 spiro atoms. The van der Waals surface area contributed by atoms with Crippen molar-refractivity contribution in [1.82, 2.24) is 0 Å². The van der Waals surface area contributed by atoms with Crippen LogP contribution in [0.1, 0.15) is 0 Å². The largest absolute Gasteiger partial charge is 0.495 e. The molecule has 2 rings (SSSR count). The molecule has 0 unspecified atom stereocenters. The highest BCUT2D eigenvalue weighted by molar-refractivity contribution is 7.92. The summed E-state index contributed by atoms with van der Waals surface area (Å²) >= 11 is 6.00. The van der Waals surface area contributed by atoms with Gasteiger partial charge in [-0.2, -0.15) is 0 Å². The van der Waals surface area contributed by atoms with E-state index >= 15 is 0 Å². The Morgan fingerprint density at radius 1 is 1.22 bits per heavy atom. The second kappa shape index (κ2) is 8.23. The number of benzene rings is 2. The van der Waals surface area contributed by atoms with Crippen LogP contribution in [0.25, 0.3) is 0 Å². The fourth-order valence-electron chi connectivity index (χ4n) is 2.19. The minimum atomic E-state index is -4.28. The summed E-state index contributed by atoms with van der Waals surface area (Å²) in [4.78, 5) is 21.9. The van der Waals surface area contributed by atoms with Crippen LogP contribution in [0, 0.1) is 10.1 Å². The van der Waals surface area contributed by atoms with E-state index in [0.717, 1.165) is 19.2 Å². The summed E-state index contributed by atoms with van der Waals surface area (Å²) in [6.07, 6.45) is 0. The Labute approximate surface area is 160 Å². The van der Waals surface area contributed by atoms with E-state index in [0.29, 0.717) is 4.31 Å². The van der Waals surface area contributed by atoms with Crippen LogP contribution in [0.3, 0.4) is 0 Å². The molecule has 0 bridgehead atoms. The third kappa shape index (κ3) is 4.47. The van der Waals surface area contributed by atoms with E-state index in [1.54, 1.807) is 0 Å². The zero-order chi connectivity index (χ0) is 20.2. The Morgan fingerprint density at radius 3 is 2.48 bits per heavy atom. The average Bonchev–Trinajstić information content (AvgIpc) is 2.65. The van der Waals surface area contributed by atoms with Crippen molar-refractivity contribution in [2.24, 2.45) is 0 Å². The molecule has 9 nitrogen and oxygen atoms in total. The van der Waals surface area contributed by atoms with Gasteiger partial charge in [0.25, 0.3) is 15.7 Å². The second-order valence-corrected chi connectivity index (χ2v) is 7.43. The molecule has 0 radical (unpaired) electrons. The van der Waals surface area contributed by atoms with Gasteiger partial charge in [0.05, 0.1) is 34.7 Å². The maximum atomic E-state index is 13.1. The zero-order valence-corrected chi connectivity index (χ0v) is 15.9. The predicted octanol–water partition coefficient (Wildman–Crippen LogP) is 2.63. The van der Waals surface area contributed by atoms with Gasteiger partial charge in [-0.3, -0.25) is 19.2 Å². The van der Waals surface area contributed by atoms with Crippen molar-refractivity contribution in [3.63, 3.8) is 0 Å². The van der Waals surface area contributed by atoms with Crippen molar-refractivity contribution < 1.29 is 27.6 Å². The summed E-state index contributed by atoms with van der Waals surface area (Å²) in [5, 5.41) is 11.1. The topological polar surface area (TPSA) is 116 Å². The molecule has 0 aliphatic rings. The number of ether oxygens (including phenoxy) is 2. The van der Waals surface area contributed by atoms with Crippen molar-refractivity contribution in [2.75, 3.05) is 25.1 Å². The number of non-ortho nitro benzene ring substituents is 1. The summed E-state index contributed by atoms with van der Waals surface area (Å²) in [5.74, 6) is -0.574. The molecule has 0 aliphatic carbocycles. The summed E-state index contributed by atoms with van der Waals surface area (Å²) in [5.41, 5.74) is -0.396. The third-order valence-corrected chi connectivity index (χ3v) is 5.61. The van der Waals surface area contributed by atoms with Gasteiger partial charge in [0.15, 0.2) is 0 Å². The Bertz CT molecular complexity index is 978. The first-order valence-electron chi connectivity index (χ1n) is 7.38. The van der Waals surface area contributed by atoms with Crippen LogP contribution in [-0.4, -0.2) is 40.1 Å². The first-order chi connectivity index (χ1) is 12.7. The van der Waals surface area contributed by atoms with Gasteiger partial charge in [-0.1, -0.05) is 17.7 Å². The second-order valence-electron chi connectivity index (χ2n) is 5.16. The van der Waals surface area contributed by atoms with Gasteiger partial charge in [0.1, 0.15) is 12.3 Å². The molecule has 0 atom stereocenters. The van der Waals surface area contributed by atoms with E-state index < -0.39 is 27.5 Å². The maximum Gasteiger partial charge on any atom is 0.326 e. The molecule has 0 fully saturated rings. The SMILES string of the molecule is COC(=O)CN(c1cccc([N+](=O)[O-])c1)S(=O)(=O)c1ccc(OC)c(Cl)c1. The molecule has 2 aromatic carbocycles. The van der Waals surface area contributed by atoms with Crippen LogP contribution in [0.5, 0.6) is 5.75 Å². The van der Waals surface area contributed by atoms with Crippen molar-refractivity contribution in [2.45, 2.75) is 4.90 Å². The lowest BCUT2D eigenvalue weighted by Gasteiger charge is -2.23. The van der Waals surface area contributed by atoms with E-state index in [1.807, 2.05) is 0 Å². The number of anilines is 1. The van der Waals surface area contributed by atoms with E-state index in [1.165, 1.54) is 37.4 Å². The fourth-order valence-corrected chi connectivity index (χ4v) is 3.94. The number of hydrogen-bond donors (Lipinski definition) is 0.